The molecular weight excluding hydrogens is 300 g/mol. The van der Waals surface area contributed by atoms with E-state index in [1.54, 1.807) is 19.9 Å². The van der Waals surface area contributed by atoms with Gasteiger partial charge in [0.15, 0.2) is 17.9 Å². The Kier molecular flexibility index (Phi) is 4.45. The van der Waals surface area contributed by atoms with Crippen LogP contribution < -0.4 is 4.74 Å². The number of carbonyl (C=O) groups is 4. The lowest BCUT2D eigenvalue weighted by Gasteiger charge is -2.28. The number of aliphatic carboxylic acids is 1. The largest absolute Gasteiger partial charge is 0.485 e. The van der Waals surface area contributed by atoms with Crippen LogP contribution in [0, 0.1) is 5.41 Å². The van der Waals surface area contributed by atoms with E-state index in [9.17, 15) is 19.2 Å². The second-order valence-corrected chi connectivity index (χ2v) is 5.86. The molecule has 120 valence electrons. The summed E-state index contributed by atoms with van der Waals surface area (Å²) in [5.74, 6) is -1.72. The Morgan fingerprint density at radius 3 is 2.61 bits per heavy atom. The Balaban J connectivity index is 2.49. The van der Waals surface area contributed by atoms with Crippen LogP contribution in [-0.4, -0.2) is 35.5 Å². The van der Waals surface area contributed by atoms with E-state index < -0.39 is 23.0 Å². The maximum Gasteiger partial charge on any atom is 0.304 e. The van der Waals surface area contributed by atoms with Gasteiger partial charge >= 0.3 is 5.97 Å². The van der Waals surface area contributed by atoms with Crippen LogP contribution in [0.4, 0.5) is 0 Å². The second-order valence-electron chi connectivity index (χ2n) is 5.86. The fraction of sp³-hybridized carbons (Fsp3) is 0.294. The number of fused-ring (bicyclic) bond motifs is 1. The average molecular weight is 316 g/mol. The monoisotopic (exact) mass is 316 g/mol. The van der Waals surface area contributed by atoms with Gasteiger partial charge < -0.3 is 9.84 Å². The molecular formula is C17H16O6. The van der Waals surface area contributed by atoms with Gasteiger partial charge in [0.1, 0.15) is 12.4 Å². The summed E-state index contributed by atoms with van der Waals surface area (Å²) in [5, 5.41) is 8.99. The number of carboxylic acids is 1. The summed E-state index contributed by atoms with van der Waals surface area (Å²) in [6.45, 7) is 2.99. The Morgan fingerprint density at radius 1 is 1.30 bits per heavy atom. The summed E-state index contributed by atoms with van der Waals surface area (Å²) in [6, 6.07) is 4.55. The zero-order valence-corrected chi connectivity index (χ0v) is 12.8. The number of ether oxygens (including phenoxy) is 1. The molecule has 1 aliphatic carbocycles. The summed E-state index contributed by atoms with van der Waals surface area (Å²) in [7, 11) is 0. The van der Waals surface area contributed by atoms with Crippen molar-refractivity contribution >= 4 is 23.8 Å². The standard InChI is InChI=1S/C17H16O6/c1-17(2,9-14(20)21)11-8-12(19)15-10(16(11)22)4-3-5-13(15)23-7-6-18/h3-6,8H,7,9H2,1-2H3,(H,20,21). The molecule has 0 amide bonds. The summed E-state index contributed by atoms with van der Waals surface area (Å²) in [4.78, 5) is 46.5. The first kappa shape index (κ1) is 16.6. The Morgan fingerprint density at radius 2 is 2.00 bits per heavy atom. The second kappa shape index (κ2) is 6.16. The molecule has 2 rings (SSSR count). The fourth-order valence-electron chi connectivity index (χ4n) is 2.61. The van der Waals surface area contributed by atoms with Gasteiger partial charge in [0.2, 0.25) is 0 Å². The molecule has 1 aliphatic rings. The molecule has 0 aromatic heterocycles. The fourth-order valence-corrected chi connectivity index (χ4v) is 2.61. The lowest BCUT2D eigenvalue weighted by molar-refractivity contribution is -0.138. The number of rotatable bonds is 6. The molecule has 0 saturated heterocycles. The Labute approximate surface area is 132 Å². The summed E-state index contributed by atoms with van der Waals surface area (Å²) in [5.41, 5.74) is -0.552. The first-order valence-corrected chi connectivity index (χ1v) is 7.00. The molecule has 0 heterocycles. The zero-order chi connectivity index (χ0) is 17.2. The van der Waals surface area contributed by atoms with Gasteiger partial charge in [0.05, 0.1) is 12.0 Å². The van der Waals surface area contributed by atoms with Crippen molar-refractivity contribution in [3.8, 4) is 5.75 Å². The molecule has 0 bridgehead atoms. The first-order valence-electron chi connectivity index (χ1n) is 7.00. The van der Waals surface area contributed by atoms with Gasteiger partial charge in [-0.05, 0) is 12.1 Å². The minimum Gasteiger partial charge on any atom is -0.485 e. The van der Waals surface area contributed by atoms with Crippen molar-refractivity contribution in [3.63, 3.8) is 0 Å². The van der Waals surface area contributed by atoms with Crippen molar-refractivity contribution < 1.29 is 29.0 Å². The predicted molar refractivity (Wildman–Crippen MR) is 80.8 cm³/mol. The van der Waals surface area contributed by atoms with Crippen molar-refractivity contribution in [3.05, 3.63) is 41.0 Å². The minimum atomic E-state index is -1.05. The lowest BCUT2D eigenvalue weighted by Crippen LogP contribution is -2.29. The molecule has 0 saturated carbocycles. The van der Waals surface area contributed by atoms with Gasteiger partial charge in [0, 0.05) is 16.6 Å². The predicted octanol–water partition coefficient (Wildman–Crippen LogP) is 2.07. The first-order chi connectivity index (χ1) is 10.8. The van der Waals surface area contributed by atoms with Crippen molar-refractivity contribution in [1.29, 1.82) is 0 Å². The molecule has 6 nitrogen and oxygen atoms in total. The van der Waals surface area contributed by atoms with Crippen LogP contribution in [0.5, 0.6) is 5.75 Å². The Bertz CT molecular complexity index is 727. The molecule has 1 aromatic carbocycles. The maximum atomic E-state index is 12.7. The van der Waals surface area contributed by atoms with Gasteiger partial charge in [-0.1, -0.05) is 26.0 Å². The zero-order valence-electron chi connectivity index (χ0n) is 12.8. The van der Waals surface area contributed by atoms with Gasteiger partial charge in [0.25, 0.3) is 0 Å². The third-order valence-electron chi connectivity index (χ3n) is 3.67. The third kappa shape index (κ3) is 3.21. The highest BCUT2D eigenvalue weighted by Crippen LogP contribution is 2.38. The number of hydrogen-bond acceptors (Lipinski definition) is 5. The molecule has 0 radical (unpaired) electrons. The van der Waals surface area contributed by atoms with E-state index >= 15 is 0 Å². The van der Waals surface area contributed by atoms with Crippen LogP contribution in [0.25, 0.3) is 0 Å². The molecule has 1 aromatic rings. The van der Waals surface area contributed by atoms with E-state index in [-0.39, 0.29) is 35.5 Å². The third-order valence-corrected chi connectivity index (χ3v) is 3.67. The molecule has 0 unspecified atom stereocenters. The molecule has 0 spiro atoms. The van der Waals surface area contributed by atoms with E-state index in [0.29, 0.717) is 6.29 Å². The van der Waals surface area contributed by atoms with Crippen LogP contribution in [0.2, 0.25) is 0 Å². The highest BCUT2D eigenvalue weighted by atomic mass is 16.5. The SMILES string of the molecule is CC(C)(CC(=O)O)C1=CC(=O)c2c(OCC=O)cccc2C1=O. The summed E-state index contributed by atoms with van der Waals surface area (Å²) in [6.07, 6.45) is 1.45. The smallest absolute Gasteiger partial charge is 0.304 e. The molecule has 6 heteroatoms. The van der Waals surface area contributed by atoms with E-state index in [1.807, 2.05) is 0 Å². The van der Waals surface area contributed by atoms with Crippen molar-refractivity contribution in [2.45, 2.75) is 20.3 Å². The number of benzene rings is 1. The number of carbonyl (C=O) groups excluding carboxylic acids is 3. The van der Waals surface area contributed by atoms with E-state index in [0.717, 1.165) is 0 Å². The topological polar surface area (TPSA) is 97.7 Å². The van der Waals surface area contributed by atoms with Crippen LogP contribution in [0.3, 0.4) is 0 Å². The van der Waals surface area contributed by atoms with Gasteiger partial charge in [-0.2, -0.15) is 0 Å². The number of carboxylic acid groups (broad SMARTS) is 1. The molecule has 0 aliphatic heterocycles. The number of Topliss-reactive ketones (excluding diaryl/α,β-unsaturated/α-hetero) is 1. The van der Waals surface area contributed by atoms with Crippen LogP contribution >= 0.6 is 0 Å². The van der Waals surface area contributed by atoms with Gasteiger partial charge in [-0.15, -0.1) is 0 Å². The van der Waals surface area contributed by atoms with Gasteiger partial charge in [-0.25, -0.2) is 0 Å². The number of ketones is 2. The van der Waals surface area contributed by atoms with Crippen molar-refractivity contribution in [1.82, 2.24) is 0 Å². The Hall–Kier alpha value is -2.76. The highest BCUT2D eigenvalue weighted by molar-refractivity contribution is 6.26. The molecule has 0 fully saturated rings. The van der Waals surface area contributed by atoms with Gasteiger partial charge in [-0.3, -0.25) is 19.2 Å². The minimum absolute atomic E-state index is 0.106. The normalized spacial score (nSPS) is 14.1. The molecule has 0 atom stereocenters. The van der Waals surface area contributed by atoms with Crippen molar-refractivity contribution in [2.75, 3.05) is 6.61 Å². The summed E-state index contributed by atoms with van der Waals surface area (Å²) < 4.78 is 5.19. The highest BCUT2D eigenvalue weighted by Gasteiger charge is 2.37. The van der Waals surface area contributed by atoms with E-state index in [4.69, 9.17) is 9.84 Å². The average Bonchev–Trinajstić information content (AvgIpc) is 2.47. The van der Waals surface area contributed by atoms with Crippen LogP contribution in [-0.2, 0) is 9.59 Å². The quantitative estimate of drug-likeness (QED) is 0.807. The van der Waals surface area contributed by atoms with E-state index in [2.05, 4.69) is 0 Å². The molecule has 1 N–H and O–H groups in total. The van der Waals surface area contributed by atoms with Crippen LogP contribution in [0.1, 0.15) is 41.0 Å². The molecule has 23 heavy (non-hydrogen) atoms. The number of hydrogen-bond donors (Lipinski definition) is 1. The van der Waals surface area contributed by atoms with Crippen LogP contribution in [0.15, 0.2) is 29.8 Å². The summed E-state index contributed by atoms with van der Waals surface area (Å²) >= 11 is 0. The van der Waals surface area contributed by atoms with Crippen molar-refractivity contribution in [2.24, 2.45) is 5.41 Å². The van der Waals surface area contributed by atoms with E-state index in [1.165, 1.54) is 18.2 Å². The lowest BCUT2D eigenvalue weighted by atomic mass is 9.73. The number of allylic oxidation sites excluding steroid dienone is 2. The number of aldehydes is 1. The maximum absolute atomic E-state index is 12.7.